The van der Waals surface area contributed by atoms with Crippen LogP contribution in [0.2, 0.25) is 5.02 Å². The first-order valence-electron chi connectivity index (χ1n) is 7.31. The van der Waals surface area contributed by atoms with Gasteiger partial charge >= 0.3 is 5.97 Å². The molecule has 1 unspecified atom stereocenters. The molecule has 1 N–H and O–H groups in total. The molecule has 23 heavy (non-hydrogen) atoms. The number of hydrogen-bond acceptors (Lipinski definition) is 5. The third kappa shape index (κ3) is 2.94. The van der Waals surface area contributed by atoms with Gasteiger partial charge < -0.3 is 10.1 Å². The first-order chi connectivity index (χ1) is 11.0. The summed E-state index contributed by atoms with van der Waals surface area (Å²) in [6.45, 7) is 5.46. The van der Waals surface area contributed by atoms with E-state index in [0.29, 0.717) is 22.2 Å². The Morgan fingerprint density at radius 2 is 2.22 bits per heavy atom. The molecule has 1 atom stereocenters. The van der Waals surface area contributed by atoms with E-state index in [1.807, 2.05) is 39.0 Å². The van der Waals surface area contributed by atoms with Crippen molar-refractivity contribution in [2.75, 3.05) is 5.32 Å². The largest absolute Gasteiger partial charge is 0.459 e. The molecular formula is C16H17ClN4O2. The lowest BCUT2D eigenvalue weighted by Gasteiger charge is -2.28. The van der Waals surface area contributed by atoms with Gasteiger partial charge in [0.25, 0.3) is 0 Å². The average Bonchev–Trinajstić information content (AvgIpc) is 2.92. The molecule has 0 saturated heterocycles. The Labute approximate surface area is 139 Å². The zero-order chi connectivity index (χ0) is 16.6. The second-order valence-electron chi connectivity index (χ2n) is 5.60. The van der Waals surface area contributed by atoms with E-state index in [4.69, 9.17) is 16.3 Å². The van der Waals surface area contributed by atoms with Crippen molar-refractivity contribution in [1.82, 2.24) is 14.8 Å². The van der Waals surface area contributed by atoms with Gasteiger partial charge in [0, 0.05) is 10.7 Å². The molecule has 0 radical (unpaired) electrons. The van der Waals surface area contributed by atoms with E-state index in [0.717, 1.165) is 5.56 Å². The highest BCUT2D eigenvalue weighted by atomic mass is 35.5. The summed E-state index contributed by atoms with van der Waals surface area (Å²) in [5, 5.41) is 7.94. The van der Waals surface area contributed by atoms with Crippen molar-refractivity contribution in [3.8, 4) is 0 Å². The number of anilines is 1. The molecule has 0 amide bonds. The molecule has 0 aliphatic carbocycles. The summed E-state index contributed by atoms with van der Waals surface area (Å²) in [4.78, 5) is 16.8. The van der Waals surface area contributed by atoms with Gasteiger partial charge in [-0.2, -0.15) is 10.1 Å². The van der Waals surface area contributed by atoms with E-state index < -0.39 is 6.04 Å². The molecule has 7 heteroatoms. The monoisotopic (exact) mass is 332 g/mol. The molecule has 2 aromatic rings. The van der Waals surface area contributed by atoms with Crippen molar-refractivity contribution in [2.24, 2.45) is 0 Å². The van der Waals surface area contributed by atoms with Crippen molar-refractivity contribution in [1.29, 1.82) is 0 Å². The van der Waals surface area contributed by atoms with Gasteiger partial charge in [0.2, 0.25) is 5.95 Å². The second-order valence-corrected chi connectivity index (χ2v) is 6.04. The maximum atomic E-state index is 12.6. The summed E-state index contributed by atoms with van der Waals surface area (Å²) in [5.41, 5.74) is 2.04. The third-order valence-electron chi connectivity index (χ3n) is 3.52. The minimum Gasteiger partial charge on any atom is -0.459 e. The van der Waals surface area contributed by atoms with Gasteiger partial charge in [-0.15, -0.1) is 0 Å². The Kier molecular flexibility index (Phi) is 4.09. The Morgan fingerprint density at radius 3 is 2.91 bits per heavy atom. The molecule has 1 aliphatic heterocycles. The molecule has 1 aliphatic rings. The molecule has 1 aromatic carbocycles. The fourth-order valence-corrected chi connectivity index (χ4v) is 2.82. The van der Waals surface area contributed by atoms with Gasteiger partial charge in [-0.3, -0.25) is 0 Å². The molecule has 6 nitrogen and oxygen atoms in total. The summed E-state index contributed by atoms with van der Waals surface area (Å²) >= 11 is 6.12. The number of allylic oxidation sites excluding steroid dienone is 1. The van der Waals surface area contributed by atoms with Crippen LogP contribution >= 0.6 is 11.6 Å². The number of esters is 1. The van der Waals surface area contributed by atoms with Gasteiger partial charge in [0.1, 0.15) is 12.4 Å². The fourth-order valence-electron chi connectivity index (χ4n) is 2.62. The minimum atomic E-state index is -0.432. The van der Waals surface area contributed by atoms with Crippen LogP contribution in [0.5, 0.6) is 0 Å². The standard InChI is InChI=1S/C16H17ClN4O2/c1-9(2)23-15(22)13-10(3)20-16-18-8-19-21(16)14(13)11-5-4-6-12(17)7-11/h4-9,14H,1-3H3,(H,18,19,20). The van der Waals surface area contributed by atoms with Crippen LogP contribution < -0.4 is 5.32 Å². The van der Waals surface area contributed by atoms with Crippen molar-refractivity contribution in [2.45, 2.75) is 32.9 Å². The Bertz CT molecular complexity index is 782. The number of fused-ring (bicyclic) bond motifs is 1. The SMILES string of the molecule is CC1=C(C(=O)OC(C)C)C(c2cccc(Cl)c2)n2ncnc2N1. The number of carbonyl (C=O) groups is 1. The molecule has 2 heterocycles. The number of nitrogens with zero attached hydrogens (tertiary/aromatic N) is 3. The lowest BCUT2D eigenvalue weighted by molar-refractivity contribution is -0.143. The number of halogens is 1. The number of ether oxygens (including phenoxy) is 1. The van der Waals surface area contributed by atoms with Crippen LogP contribution in [0.4, 0.5) is 5.95 Å². The maximum Gasteiger partial charge on any atom is 0.338 e. The summed E-state index contributed by atoms with van der Waals surface area (Å²) in [5.74, 6) is 0.199. The van der Waals surface area contributed by atoms with Gasteiger partial charge in [-0.05, 0) is 38.5 Å². The van der Waals surface area contributed by atoms with E-state index in [1.54, 1.807) is 10.7 Å². The van der Waals surface area contributed by atoms with Gasteiger partial charge in [0.15, 0.2) is 0 Å². The van der Waals surface area contributed by atoms with Crippen LogP contribution in [0.3, 0.4) is 0 Å². The number of aromatic nitrogens is 3. The molecule has 0 saturated carbocycles. The van der Waals surface area contributed by atoms with Gasteiger partial charge in [-0.25, -0.2) is 9.48 Å². The lowest BCUT2D eigenvalue weighted by Crippen LogP contribution is -2.30. The zero-order valence-corrected chi connectivity index (χ0v) is 13.8. The van der Waals surface area contributed by atoms with E-state index >= 15 is 0 Å². The first-order valence-corrected chi connectivity index (χ1v) is 7.69. The van der Waals surface area contributed by atoms with E-state index in [-0.39, 0.29) is 12.1 Å². The van der Waals surface area contributed by atoms with Crippen molar-refractivity contribution < 1.29 is 9.53 Å². The highest BCUT2D eigenvalue weighted by molar-refractivity contribution is 6.30. The summed E-state index contributed by atoms with van der Waals surface area (Å²) in [7, 11) is 0. The van der Waals surface area contributed by atoms with E-state index in [1.165, 1.54) is 6.33 Å². The Morgan fingerprint density at radius 1 is 1.43 bits per heavy atom. The third-order valence-corrected chi connectivity index (χ3v) is 3.76. The highest BCUT2D eigenvalue weighted by Gasteiger charge is 2.34. The minimum absolute atomic E-state index is 0.208. The Balaban J connectivity index is 2.13. The zero-order valence-electron chi connectivity index (χ0n) is 13.1. The maximum absolute atomic E-state index is 12.6. The van der Waals surface area contributed by atoms with Gasteiger partial charge in [0.05, 0.1) is 11.7 Å². The predicted molar refractivity (Wildman–Crippen MR) is 87.2 cm³/mol. The lowest BCUT2D eigenvalue weighted by atomic mass is 9.96. The molecule has 0 bridgehead atoms. The summed E-state index contributed by atoms with van der Waals surface area (Å²) in [6, 6.07) is 6.93. The summed E-state index contributed by atoms with van der Waals surface area (Å²) < 4.78 is 7.06. The fraction of sp³-hybridized carbons (Fsp3) is 0.312. The van der Waals surface area contributed by atoms with Crippen LogP contribution in [0.1, 0.15) is 32.4 Å². The van der Waals surface area contributed by atoms with Crippen molar-refractivity contribution in [3.05, 3.63) is 52.4 Å². The van der Waals surface area contributed by atoms with E-state index in [9.17, 15) is 4.79 Å². The molecule has 0 spiro atoms. The van der Waals surface area contributed by atoms with Gasteiger partial charge in [-0.1, -0.05) is 23.7 Å². The quantitative estimate of drug-likeness (QED) is 0.874. The highest BCUT2D eigenvalue weighted by Crippen LogP contribution is 2.35. The molecule has 0 fully saturated rings. The normalized spacial score (nSPS) is 17.0. The Hall–Kier alpha value is -2.34. The average molecular weight is 333 g/mol. The topological polar surface area (TPSA) is 69.0 Å². The number of hydrogen-bond donors (Lipinski definition) is 1. The van der Waals surface area contributed by atoms with Crippen LogP contribution in [0.15, 0.2) is 41.9 Å². The second kappa shape index (κ2) is 6.04. The molecule has 3 rings (SSSR count). The van der Waals surface area contributed by atoms with E-state index in [2.05, 4.69) is 15.4 Å². The summed E-state index contributed by atoms with van der Waals surface area (Å²) in [6.07, 6.45) is 1.24. The molecule has 120 valence electrons. The predicted octanol–water partition coefficient (Wildman–Crippen LogP) is 3.17. The van der Waals surface area contributed by atoms with Crippen molar-refractivity contribution in [3.63, 3.8) is 0 Å². The van der Waals surface area contributed by atoms with Crippen LogP contribution in [-0.2, 0) is 9.53 Å². The van der Waals surface area contributed by atoms with Crippen LogP contribution in [0.25, 0.3) is 0 Å². The first kappa shape index (κ1) is 15.6. The number of rotatable bonds is 3. The molecule has 1 aromatic heterocycles. The number of nitrogens with one attached hydrogen (secondary N) is 1. The van der Waals surface area contributed by atoms with Crippen molar-refractivity contribution >= 4 is 23.5 Å². The number of carbonyl (C=O) groups excluding carboxylic acids is 1. The molecular weight excluding hydrogens is 316 g/mol. The smallest absolute Gasteiger partial charge is 0.338 e. The van der Waals surface area contributed by atoms with Crippen LogP contribution in [0, 0.1) is 0 Å². The number of benzene rings is 1. The van der Waals surface area contributed by atoms with Crippen LogP contribution in [-0.4, -0.2) is 26.8 Å².